The molecule has 0 radical (unpaired) electrons. The molecule has 0 bridgehead atoms. The molecule has 0 aromatic carbocycles. The number of nitrogens with two attached hydrogens (primary N) is 1. The molecule has 3 heteroatoms. The maximum absolute atomic E-state index is 5.36. The Labute approximate surface area is 69.7 Å². The van der Waals surface area contributed by atoms with Crippen molar-refractivity contribution in [3.63, 3.8) is 0 Å². The van der Waals surface area contributed by atoms with Gasteiger partial charge in [-0.3, -0.25) is 11.3 Å². The molecule has 0 unspecified atom stereocenters. The van der Waals surface area contributed by atoms with Crippen LogP contribution in [0.1, 0.15) is 33.1 Å². The molecule has 0 aliphatic rings. The van der Waals surface area contributed by atoms with Crippen molar-refractivity contribution >= 4 is 0 Å². The molecule has 0 rings (SSSR count). The Bertz CT molecular complexity index is 91.3. The number of hydrogen-bond donors (Lipinski definition) is 3. The van der Waals surface area contributed by atoms with E-state index in [1.54, 1.807) is 0 Å². The third-order valence-corrected chi connectivity index (χ3v) is 1.87. The molecule has 0 amide bonds. The summed E-state index contributed by atoms with van der Waals surface area (Å²) >= 11 is 0. The van der Waals surface area contributed by atoms with E-state index < -0.39 is 0 Å². The monoisotopic (exact) mass is 159 g/mol. The number of hydrogen-bond acceptors (Lipinski definition) is 3. The largest absolute Gasteiger partial charge is 0.320 e. The molecule has 11 heavy (non-hydrogen) atoms. The lowest BCUT2D eigenvalue weighted by molar-refractivity contribution is 0.356. The lowest BCUT2D eigenvalue weighted by atomic mass is 9.98. The third kappa shape index (κ3) is 6.28. The van der Waals surface area contributed by atoms with E-state index in [0.717, 1.165) is 13.0 Å². The van der Waals surface area contributed by atoms with Crippen LogP contribution in [0.2, 0.25) is 0 Å². The van der Waals surface area contributed by atoms with E-state index in [-0.39, 0.29) is 5.54 Å². The van der Waals surface area contributed by atoms with Gasteiger partial charge in [-0.05, 0) is 40.3 Å². The van der Waals surface area contributed by atoms with E-state index in [1.165, 1.54) is 12.8 Å². The molecular weight excluding hydrogens is 138 g/mol. The molecule has 4 N–H and O–H groups in total. The molecule has 0 spiro atoms. The summed E-state index contributed by atoms with van der Waals surface area (Å²) in [7, 11) is 1.98. The van der Waals surface area contributed by atoms with Gasteiger partial charge in [0.15, 0.2) is 0 Å². The summed E-state index contributed by atoms with van der Waals surface area (Å²) in [5.41, 5.74) is 2.89. The molecule has 0 heterocycles. The highest BCUT2D eigenvalue weighted by molar-refractivity contribution is 4.73. The van der Waals surface area contributed by atoms with Crippen molar-refractivity contribution < 1.29 is 0 Å². The molecule has 68 valence electrons. The molecule has 0 aliphatic heterocycles. The molecule has 0 saturated carbocycles. The predicted octanol–water partition coefficient (Wildman–Crippen LogP) is 0.618. The Morgan fingerprint density at radius 2 is 1.91 bits per heavy atom. The average Bonchev–Trinajstić information content (AvgIpc) is 1.99. The zero-order valence-electron chi connectivity index (χ0n) is 7.91. The van der Waals surface area contributed by atoms with Gasteiger partial charge in [0.2, 0.25) is 0 Å². The number of hydrazine groups is 1. The van der Waals surface area contributed by atoms with Gasteiger partial charge < -0.3 is 5.32 Å². The van der Waals surface area contributed by atoms with Crippen molar-refractivity contribution in [3.05, 3.63) is 0 Å². The molecule has 0 fully saturated rings. The zero-order chi connectivity index (χ0) is 8.74. The van der Waals surface area contributed by atoms with Crippen LogP contribution in [-0.2, 0) is 0 Å². The van der Waals surface area contributed by atoms with E-state index >= 15 is 0 Å². The smallest absolute Gasteiger partial charge is 0.0265 e. The standard InChI is InChI=1S/C8H21N3/c1-8(2,11-9)6-4-5-7-10-3/h10-11H,4-7,9H2,1-3H3. The summed E-state index contributed by atoms with van der Waals surface area (Å²) in [4.78, 5) is 0. The zero-order valence-corrected chi connectivity index (χ0v) is 7.91. The van der Waals surface area contributed by atoms with Crippen LogP contribution in [0, 0.1) is 0 Å². The Balaban J connectivity index is 3.23. The van der Waals surface area contributed by atoms with Crippen LogP contribution >= 0.6 is 0 Å². The van der Waals surface area contributed by atoms with Crippen molar-refractivity contribution in [1.29, 1.82) is 0 Å². The first-order chi connectivity index (χ1) is 5.12. The van der Waals surface area contributed by atoms with Gasteiger partial charge in [-0.15, -0.1) is 0 Å². The molecule has 3 nitrogen and oxygen atoms in total. The Hall–Kier alpha value is -0.120. The van der Waals surface area contributed by atoms with Gasteiger partial charge in [0, 0.05) is 5.54 Å². The van der Waals surface area contributed by atoms with Crippen molar-refractivity contribution in [2.45, 2.75) is 38.6 Å². The molecular formula is C8H21N3. The summed E-state index contributed by atoms with van der Waals surface area (Å²) in [6.45, 7) is 5.33. The van der Waals surface area contributed by atoms with Gasteiger partial charge in [-0.25, -0.2) is 0 Å². The van der Waals surface area contributed by atoms with Gasteiger partial charge in [-0.1, -0.05) is 6.42 Å². The van der Waals surface area contributed by atoms with Gasteiger partial charge in [0.25, 0.3) is 0 Å². The Morgan fingerprint density at radius 1 is 1.27 bits per heavy atom. The summed E-state index contributed by atoms with van der Waals surface area (Å²) < 4.78 is 0. The first-order valence-electron chi connectivity index (χ1n) is 4.25. The first kappa shape index (κ1) is 10.9. The highest BCUT2D eigenvalue weighted by Gasteiger charge is 2.13. The van der Waals surface area contributed by atoms with Gasteiger partial charge in [0.1, 0.15) is 0 Å². The second kappa shape index (κ2) is 5.52. The molecule has 0 aromatic heterocycles. The third-order valence-electron chi connectivity index (χ3n) is 1.87. The Kier molecular flexibility index (Phi) is 5.46. The second-order valence-corrected chi connectivity index (χ2v) is 3.59. The quantitative estimate of drug-likeness (QED) is 0.302. The van der Waals surface area contributed by atoms with Gasteiger partial charge >= 0.3 is 0 Å². The minimum Gasteiger partial charge on any atom is -0.320 e. The van der Waals surface area contributed by atoms with E-state index in [4.69, 9.17) is 5.84 Å². The minimum absolute atomic E-state index is 0.0910. The highest BCUT2D eigenvalue weighted by atomic mass is 15.3. The van der Waals surface area contributed by atoms with Gasteiger partial charge in [0.05, 0.1) is 0 Å². The number of rotatable bonds is 6. The van der Waals surface area contributed by atoms with Gasteiger partial charge in [-0.2, -0.15) is 0 Å². The van der Waals surface area contributed by atoms with E-state index in [2.05, 4.69) is 24.6 Å². The number of unbranched alkanes of at least 4 members (excludes halogenated alkanes) is 1. The first-order valence-corrected chi connectivity index (χ1v) is 4.25. The SMILES string of the molecule is CNCCCCC(C)(C)NN. The van der Waals surface area contributed by atoms with Crippen LogP contribution in [0.4, 0.5) is 0 Å². The van der Waals surface area contributed by atoms with Crippen LogP contribution in [0.15, 0.2) is 0 Å². The molecule has 0 atom stereocenters. The van der Waals surface area contributed by atoms with E-state index in [0.29, 0.717) is 0 Å². The average molecular weight is 159 g/mol. The number of nitrogens with one attached hydrogen (secondary N) is 2. The van der Waals surface area contributed by atoms with Crippen molar-refractivity contribution in [2.24, 2.45) is 5.84 Å². The maximum atomic E-state index is 5.36. The molecule has 0 aliphatic carbocycles. The van der Waals surface area contributed by atoms with Crippen LogP contribution in [-0.4, -0.2) is 19.1 Å². The van der Waals surface area contributed by atoms with Crippen molar-refractivity contribution in [2.75, 3.05) is 13.6 Å². The minimum atomic E-state index is 0.0910. The lowest BCUT2D eigenvalue weighted by Crippen LogP contribution is -2.44. The summed E-state index contributed by atoms with van der Waals surface area (Å²) in [5, 5.41) is 3.12. The lowest BCUT2D eigenvalue weighted by Gasteiger charge is -2.23. The fourth-order valence-corrected chi connectivity index (χ4v) is 0.941. The fraction of sp³-hybridized carbons (Fsp3) is 1.00. The van der Waals surface area contributed by atoms with E-state index in [1.807, 2.05) is 7.05 Å². The highest BCUT2D eigenvalue weighted by Crippen LogP contribution is 2.10. The second-order valence-electron chi connectivity index (χ2n) is 3.59. The van der Waals surface area contributed by atoms with E-state index in [9.17, 15) is 0 Å². The van der Waals surface area contributed by atoms with Crippen molar-refractivity contribution in [1.82, 2.24) is 10.7 Å². The van der Waals surface area contributed by atoms with Crippen LogP contribution in [0.5, 0.6) is 0 Å². The summed E-state index contributed by atoms with van der Waals surface area (Å²) in [5.74, 6) is 5.36. The van der Waals surface area contributed by atoms with Crippen LogP contribution in [0.3, 0.4) is 0 Å². The molecule has 0 aromatic rings. The normalized spacial score (nSPS) is 12.0. The van der Waals surface area contributed by atoms with Crippen molar-refractivity contribution in [3.8, 4) is 0 Å². The summed E-state index contributed by atoms with van der Waals surface area (Å²) in [6.07, 6.45) is 3.57. The molecule has 0 saturated heterocycles. The fourth-order valence-electron chi connectivity index (χ4n) is 0.941. The summed E-state index contributed by atoms with van der Waals surface area (Å²) in [6, 6.07) is 0. The topological polar surface area (TPSA) is 50.1 Å². The van der Waals surface area contributed by atoms with Crippen LogP contribution in [0.25, 0.3) is 0 Å². The predicted molar refractivity (Wildman–Crippen MR) is 49.2 cm³/mol. The Morgan fingerprint density at radius 3 is 2.36 bits per heavy atom. The van der Waals surface area contributed by atoms with Crippen LogP contribution < -0.4 is 16.6 Å². The maximum Gasteiger partial charge on any atom is 0.0265 e.